The lowest BCUT2D eigenvalue weighted by Gasteiger charge is -2.25. The molecule has 102 valence electrons. The Morgan fingerprint density at radius 1 is 1.44 bits per heavy atom. The normalized spacial score (nSPS) is 16.5. The van der Waals surface area contributed by atoms with Crippen molar-refractivity contribution in [2.75, 3.05) is 13.6 Å². The molecule has 0 aliphatic heterocycles. The van der Waals surface area contributed by atoms with E-state index < -0.39 is 0 Å². The number of nitrogens with zero attached hydrogens (tertiary/aromatic N) is 2. The van der Waals surface area contributed by atoms with E-state index in [4.69, 9.17) is 4.98 Å². The van der Waals surface area contributed by atoms with Gasteiger partial charge in [0.15, 0.2) is 0 Å². The maximum atomic E-state index is 4.69. The Hall–Kier alpha value is -0.450. The topological polar surface area (TPSA) is 28.2 Å². The Kier molecular flexibility index (Phi) is 4.41. The van der Waals surface area contributed by atoms with Gasteiger partial charge in [0.1, 0.15) is 5.01 Å². The molecule has 1 aromatic heterocycles. The van der Waals surface area contributed by atoms with E-state index in [1.165, 1.54) is 23.5 Å². The molecule has 1 N–H and O–H groups in total. The lowest BCUT2D eigenvalue weighted by molar-refractivity contribution is 0.219. The van der Waals surface area contributed by atoms with Gasteiger partial charge in [-0.05, 0) is 25.3 Å². The number of rotatable bonds is 6. The molecule has 0 radical (unpaired) electrons. The Morgan fingerprint density at radius 3 is 2.78 bits per heavy atom. The van der Waals surface area contributed by atoms with Crippen LogP contribution in [0.15, 0.2) is 5.38 Å². The minimum absolute atomic E-state index is 0.348. The van der Waals surface area contributed by atoms with E-state index in [2.05, 4.69) is 43.4 Å². The van der Waals surface area contributed by atoms with Gasteiger partial charge in [-0.2, -0.15) is 0 Å². The summed E-state index contributed by atoms with van der Waals surface area (Å²) in [6.07, 6.45) is 2.68. The van der Waals surface area contributed by atoms with E-state index >= 15 is 0 Å². The smallest absolute Gasteiger partial charge is 0.107 e. The molecule has 1 aliphatic carbocycles. The number of hydrogen-bond donors (Lipinski definition) is 1. The highest BCUT2D eigenvalue weighted by Crippen LogP contribution is 2.20. The van der Waals surface area contributed by atoms with Gasteiger partial charge in [-0.3, -0.25) is 4.90 Å². The van der Waals surface area contributed by atoms with Crippen LogP contribution in [-0.2, 0) is 13.1 Å². The summed E-state index contributed by atoms with van der Waals surface area (Å²) in [6, 6.07) is 0.765. The molecule has 1 aliphatic rings. The van der Waals surface area contributed by atoms with Crippen molar-refractivity contribution in [2.45, 2.75) is 52.7 Å². The Balaban J connectivity index is 1.77. The fourth-order valence-electron chi connectivity index (χ4n) is 2.16. The molecule has 0 atom stereocenters. The summed E-state index contributed by atoms with van der Waals surface area (Å²) >= 11 is 1.78. The van der Waals surface area contributed by atoms with Crippen LogP contribution in [0.3, 0.4) is 0 Å². The molecule has 2 rings (SSSR count). The van der Waals surface area contributed by atoms with Gasteiger partial charge in [0, 0.05) is 31.1 Å². The first-order valence-corrected chi connectivity index (χ1v) is 7.65. The summed E-state index contributed by atoms with van der Waals surface area (Å²) in [5.41, 5.74) is 1.56. The van der Waals surface area contributed by atoms with Gasteiger partial charge in [0.05, 0.1) is 5.69 Å². The molecule has 1 fully saturated rings. The standard InChI is InChI=1S/C14H25N3S/c1-14(2,3)10-17(4)8-12-9-18-13(16-12)7-15-11-5-6-11/h9,11,15H,5-8,10H2,1-4H3. The fourth-order valence-corrected chi connectivity index (χ4v) is 2.90. The van der Waals surface area contributed by atoms with Crippen LogP contribution in [0.25, 0.3) is 0 Å². The zero-order valence-electron chi connectivity index (χ0n) is 12.0. The highest BCUT2D eigenvalue weighted by atomic mass is 32.1. The molecule has 0 spiro atoms. The summed E-state index contributed by atoms with van der Waals surface area (Å²) in [4.78, 5) is 7.05. The van der Waals surface area contributed by atoms with Crippen molar-refractivity contribution in [3.05, 3.63) is 16.1 Å². The SMILES string of the molecule is CN(Cc1csc(CNC2CC2)n1)CC(C)(C)C. The second kappa shape index (κ2) is 5.68. The summed E-state index contributed by atoms with van der Waals surface area (Å²) in [5.74, 6) is 0. The van der Waals surface area contributed by atoms with Crippen LogP contribution < -0.4 is 5.32 Å². The molecule has 18 heavy (non-hydrogen) atoms. The van der Waals surface area contributed by atoms with Gasteiger partial charge in [0.25, 0.3) is 0 Å². The van der Waals surface area contributed by atoms with Gasteiger partial charge in [0.2, 0.25) is 0 Å². The molecule has 0 bridgehead atoms. The van der Waals surface area contributed by atoms with E-state index in [0.29, 0.717) is 5.41 Å². The monoisotopic (exact) mass is 267 g/mol. The Morgan fingerprint density at radius 2 is 2.17 bits per heavy atom. The zero-order valence-corrected chi connectivity index (χ0v) is 12.8. The molecule has 1 saturated carbocycles. The molecule has 1 heterocycles. The van der Waals surface area contributed by atoms with Crippen molar-refractivity contribution >= 4 is 11.3 Å². The Labute approximate surface area is 115 Å². The van der Waals surface area contributed by atoms with Crippen LogP contribution in [0.4, 0.5) is 0 Å². The maximum Gasteiger partial charge on any atom is 0.107 e. The molecule has 1 aromatic rings. The number of nitrogens with one attached hydrogen (secondary N) is 1. The predicted molar refractivity (Wildman–Crippen MR) is 77.8 cm³/mol. The van der Waals surface area contributed by atoms with Crippen LogP contribution in [0.5, 0.6) is 0 Å². The van der Waals surface area contributed by atoms with Crippen molar-refractivity contribution in [3.63, 3.8) is 0 Å². The molecule has 0 aromatic carbocycles. The van der Waals surface area contributed by atoms with Crippen molar-refractivity contribution < 1.29 is 0 Å². The van der Waals surface area contributed by atoms with Crippen molar-refractivity contribution in [1.82, 2.24) is 15.2 Å². The lowest BCUT2D eigenvalue weighted by Crippen LogP contribution is -2.29. The van der Waals surface area contributed by atoms with Gasteiger partial charge in [-0.1, -0.05) is 20.8 Å². The third-order valence-corrected chi connectivity index (χ3v) is 3.79. The van der Waals surface area contributed by atoms with Gasteiger partial charge < -0.3 is 5.32 Å². The molecule has 0 unspecified atom stereocenters. The summed E-state index contributed by atoms with van der Waals surface area (Å²) in [6.45, 7) is 9.82. The number of thiazole rings is 1. The van der Waals surface area contributed by atoms with Crippen LogP contribution in [0.1, 0.15) is 44.3 Å². The second-order valence-corrected chi connectivity index (χ2v) is 7.56. The van der Waals surface area contributed by atoms with Crippen LogP contribution in [-0.4, -0.2) is 29.5 Å². The molecular formula is C14H25N3S. The van der Waals surface area contributed by atoms with Crippen LogP contribution >= 0.6 is 11.3 Å². The number of aromatic nitrogens is 1. The van der Waals surface area contributed by atoms with Gasteiger partial charge >= 0.3 is 0 Å². The highest BCUT2D eigenvalue weighted by molar-refractivity contribution is 7.09. The maximum absolute atomic E-state index is 4.69. The first kappa shape index (κ1) is 14.0. The third-order valence-electron chi connectivity index (χ3n) is 2.89. The van der Waals surface area contributed by atoms with E-state index in [-0.39, 0.29) is 0 Å². The van der Waals surface area contributed by atoms with E-state index in [1.807, 2.05) is 0 Å². The van der Waals surface area contributed by atoms with Gasteiger partial charge in [-0.25, -0.2) is 4.98 Å². The van der Waals surface area contributed by atoms with Crippen LogP contribution in [0.2, 0.25) is 0 Å². The molecule has 4 heteroatoms. The van der Waals surface area contributed by atoms with Crippen molar-refractivity contribution in [2.24, 2.45) is 5.41 Å². The van der Waals surface area contributed by atoms with Gasteiger partial charge in [-0.15, -0.1) is 11.3 Å². The average Bonchev–Trinajstić information content (AvgIpc) is 2.94. The highest BCUT2D eigenvalue weighted by Gasteiger charge is 2.20. The quantitative estimate of drug-likeness (QED) is 0.859. The fraction of sp³-hybridized carbons (Fsp3) is 0.786. The summed E-state index contributed by atoms with van der Waals surface area (Å²) in [7, 11) is 2.17. The molecule has 0 amide bonds. The Bertz CT molecular complexity index is 377. The average molecular weight is 267 g/mol. The third kappa shape index (κ3) is 5.04. The first-order valence-electron chi connectivity index (χ1n) is 6.77. The number of hydrogen-bond acceptors (Lipinski definition) is 4. The first-order chi connectivity index (χ1) is 8.42. The van der Waals surface area contributed by atoms with Crippen molar-refractivity contribution in [1.29, 1.82) is 0 Å². The molecule has 0 saturated heterocycles. The lowest BCUT2D eigenvalue weighted by atomic mass is 9.96. The van der Waals surface area contributed by atoms with E-state index in [9.17, 15) is 0 Å². The van der Waals surface area contributed by atoms with E-state index in [1.54, 1.807) is 11.3 Å². The zero-order chi connectivity index (χ0) is 13.2. The predicted octanol–water partition coefficient (Wildman–Crippen LogP) is 2.87. The van der Waals surface area contributed by atoms with E-state index in [0.717, 1.165) is 25.7 Å². The minimum Gasteiger partial charge on any atom is -0.308 e. The summed E-state index contributed by atoms with van der Waals surface area (Å²) in [5, 5.41) is 6.93. The summed E-state index contributed by atoms with van der Waals surface area (Å²) < 4.78 is 0. The largest absolute Gasteiger partial charge is 0.308 e. The van der Waals surface area contributed by atoms with Crippen LogP contribution in [0, 0.1) is 5.41 Å². The molecular weight excluding hydrogens is 242 g/mol. The molecule has 3 nitrogen and oxygen atoms in total. The van der Waals surface area contributed by atoms with Crippen molar-refractivity contribution in [3.8, 4) is 0 Å². The minimum atomic E-state index is 0.348. The second-order valence-electron chi connectivity index (χ2n) is 6.62.